The van der Waals surface area contributed by atoms with Crippen molar-refractivity contribution in [1.82, 2.24) is 9.88 Å². The SMILES string of the molecule is Fc1ccccc1CN1CCCN(c2ncccc2C(F)(F)F)CC1. The molecule has 134 valence electrons. The quantitative estimate of drug-likeness (QED) is 0.779. The molecule has 1 aromatic carbocycles. The Morgan fingerprint density at radius 3 is 2.52 bits per heavy atom. The third kappa shape index (κ3) is 4.28. The van der Waals surface area contributed by atoms with Crippen LogP contribution in [-0.4, -0.2) is 36.1 Å². The van der Waals surface area contributed by atoms with Crippen molar-refractivity contribution in [2.24, 2.45) is 0 Å². The van der Waals surface area contributed by atoms with Crippen LogP contribution in [0.4, 0.5) is 23.4 Å². The Morgan fingerprint density at radius 2 is 1.76 bits per heavy atom. The standard InChI is InChI=1S/C18H19F4N3/c19-16-7-2-1-5-14(16)13-24-9-4-10-25(12-11-24)17-15(18(20,21)22)6-3-8-23-17/h1-3,5-8H,4,9-13H2. The lowest BCUT2D eigenvalue weighted by Gasteiger charge is -2.25. The predicted octanol–water partition coefficient (Wildman–Crippen LogP) is 3.95. The van der Waals surface area contributed by atoms with Gasteiger partial charge in [0.15, 0.2) is 0 Å². The summed E-state index contributed by atoms with van der Waals surface area (Å²) in [5, 5.41) is 0. The molecule has 1 aliphatic rings. The van der Waals surface area contributed by atoms with Gasteiger partial charge in [0.05, 0.1) is 5.56 Å². The first kappa shape index (κ1) is 17.7. The van der Waals surface area contributed by atoms with Crippen molar-refractivity contribution in [3.05, 3.63) is 59.5 Å². The minimum absolute atomic E-state index is 0.0252. The van der Waals surface area contributed by atoms with Crippen LogP contribution in [-0.2, 0) is 12.7 Å². The molecule has 0 radical (unpaired) electrons. The summed E-state index contributed by atoms with van der Waals surface area (Å²) >= 11 is 0. The Kier molecular flexibility index (Phi) is 5.22. The number of rotatable bonds is 3. The fourth-order valence-electron chi connectivity index (χ4n) is 3.08. The van der Waals surface area contributed by atoms with Crippen molar-refractivity contribution in [2.75, 3.05) is 31.1 Å². The van der Waals surface area contributed by atoms with E-state index < -0.39 is 11.7 Å². The molecule has 0 atom stereocenters. The molecule has 0 saturated carbocycles. The summed E-state index contributed by atoms with van der Waals surface area (Å²) < 4.78 is 53.4. The molecule has 3 rings (SSSR count). The van der Waals surface area contributed by atoms with Gasteiger partial charge in [-0.05, 0) is 24.6 Å². The summed E-state index contributed by atoms with van der Waals surface area (Å²) in [4.78, 5) is 7.70. The number of pyridine rings is 1. The van der Waals surface area contributed by atoms with E-state index in [0.29, 0.717) is 44.7 Å². The summed E-state index contributed by atoms with van der Waals surface area (Å²) in [6, 6.07) is 8.94. The number of hydrogen-bond acceptors (Lipinski definition) is 3. The highest BCUT2D eigenvalue weighted by atomic mass is 19.4. The van der Waals surface area contributed by atoms with E-state index in [1.165, 1.54) is 18.3 Å². The summed E-state index contributed by atoms with van der Waals surface area (Å²) in [6.07, 6.45) is -2.35. The molecule has 3 nitrogen and oxygen atoms in total. The number of anilines is 1. The lowest BCUT2D eigenvalue weighted by Crippen LogP contribution is -2.32. The molecule has 7 heteroatoms. The summed E-state index contributed by atoms with van der Waals surface area (Å²) in [6.45, 7) is 2.64. The summed E-state index contributed by atoms with van der Waals surface area (Å²) in [7, 11) is 0. The first-order valence-corrected chi connectivity index (χ1v) is 8.18. The monoisotopic (exact) mass is 353 g/mol. The molecule has 0 N–H and O–H groups in total. The van der Waals surface area contributed by atoms with Gasteiger partial charge in [-0.1, -0.05) is 18.2 Å². The molecule has 0 amide bonds. The molecule has 2 heterocycles. The van der Waals surface area contributed by atoms with Crippen molar-refractivity contribution < 1.29 is 17.6 Å². The Bertz CT molecular complexity index is 717. The van der Waals surface area contributed by atoms with Crippen LogP contribution in [0.5, 0.6) is 0 Å². The van der Waals surface area contributed by atoms with E-state index in [-0.39, 0.29) is 11.6 Å². The van der Waals surface area contributed by atoms with Gasteiger partial charge in [-0.3, -0.25) is 4.90 Å². The number of hydrogen-bond donors (Lipinski definition) is 0. The van der Waals surface area contributed by atoms with Gasteiger partial charge in [-0.15, -0.1) is 0 Å². The number of nitrogens with zero attached hydrogens (tertiary/aromatic N) is 3. The van der Waals surface area contributed by atoms with E-state index in [4.69, 9.17) is 0 Å². The Morgan fingerprint density at radius 1 is 0.960 bits per heavy atom. The maximum Gasteiger partial charge on any atom is 0.419 e. The van der Waals surface area contributed by atoms with Crippen LogP contribution in [0, 0.1) is 5.82 Å². The van der Waals surface area contributed by atoms with E-state index >= 15 is 0 Å². The summed E-state index contributed by atoms with van der Waals surface area (Å²) in [5.41, 5.74) is -0.109. The van der Waals surface area contributed by atoms with Crippen molar-refractivity contribution in [3.63, 3.8) is 0 Å². The molecule has 1 fully saturated rings. The Balaban J connectivity index is 1.71. The third-order valence-corrected chi connectivity index (χ3v) is 4.33. The van der Waals surface area contributed by atoms with E-state index in [1.54, 1.807) is 23.1 Å². The highest BCUT2D eigenvalue weighted by molar-refractivity contribution is 5.48. The average molecular weight is 353 g/mol. The fourth-order valence-corrected chi connectivity index (χ4v) is 3.08. The molecular formula is C18H19F4N3. The average Bonchev–Trinajstić information content (AvgIpc) is 2.82. The van der Waals surface area contributed by atoms with Crippen LogP contribution in [0.2, 0.25) is 0 Å². The highest BCUT2D eigenvalue weighted by Gasteiger charge is 2.35. The number of benzene rings is 1. The zero-order valence-electron chi connectivity index (χ0n) is 13.6. The van der Waals surface area contributed by atoms with Crippen LogP contribution in [0.3, 0.4) is 0 Å². The van der Waals surface area contributed by atoms with Gasteiger partial charge in [0.1, 0.15) is 11.6 Å². The second kappa shape index (κ2) is 7.39. The number of halogens is 4. The second-order valence-electron chi connectivity index (χ2n) is 6.08. The zero-order valence-corrected chi connectivity index (χ0v) is 13.6. The van der Waals surface area contributed by atoms with Crippen LogP contribution < -0.4 is 4.90 Å². The fraction of sp³-hybridized carbons (Fsp3) is 0.389. The topological polar surface area (TPSA) is 19.4 Å². The molecule has 1 aliphatic heterocycles. The predicted molar refractivity (Wildman–Crippen MR) is 87.7 cm³/mol. The van der Waals surface area contributed by atoms with Crippen LogP contribution in [0.15, 0.2) is 42.6 Å². The molecule has 25 heavy (non-hydrogen) atoms. The lowest BCUT2D eigenvalue weighted by atomic mass is 10.2. The van der Waals surface area contributed by atoms with Gasteiger partial charge < -0.3 is 4.90 Å². The normalized spacial score (nSPS) is 16.7. The second-order valence-corrected chi connectivity index (χ2v) is 6.08. The third-order valence-electron chi connectivity index (χ3n) is 4.33. The van der Waals surface area contributed by atoms with Gasteiger partial charge in [0, 0.05) is 44.5 Å². The van der Waals surface area contributed by atoms with Crippen LogP contribution in [0.25, 0.3) is 0 Å². The van der Waals surface area contributed by atoms with E-state index in [0.717, 1.165) is 6.07 Å². The van der Waals surface area contributed by atoms with Crippen LogP contribution >= 0.6 is 0 Å². The van der Waals surface area contributed by atoms with Gasteiger partial charge in [-0.2, -0.15) is 13.2 Å². The molecule has 0 bridgehead atoms. The largest absolute Gasteiger partial charge is 0.419 e. The molecule has 0 aliphatic carbocycles. The Hall–Kier alpha value is -2.15. The van der Waals surface area contributed by atoms with Gasteiger partial charge in [-0.25, -0.2) is 9.37 Å². The van der Waals surface area contributed by atoms with Gasteiger partial charge in [0.25, 0.3) is 0 Å². The van der Waals surface area contributed by atoms with Crippen molar-refractivity contribution in [1.29, 1.82) is 0 Å². The van der Waals surface area contributed by atoms with Gasteiger partial charge in [0.2, 0.25) is 0 Å². The van der Waals surface area contributed by atoms with Crippen LogP contribution in [0.1, 0.15) is 17.5 Å². The smallest absolute Gasteiger partial charge is 0.355 e. The maximum atomic E-state index is 13.8. The molecular weight excluding hydrogens is 334 g/mol. The van der Waals surface area contributed by atoms with Gasteiger partial charge >= 0.3 is 6.18 Å². The molecule has 0 unspecified atom stereocenters. The zero-order chi connectivity index (χ0) is 17.9. The highest BCUT2D eigenvalue weighted by Crippen LogP contribution is 2.35. The first-order chi connectivity index (χ1) is 11.9. The maximum absolute atomic E-state index is 13.8. The van der Waals surface area contributed by atoms with E-state index in [2.05, 4.69) is 9.88 Å². The lowest BCUT2D eigenvalue weighted by molar-refractivity contribution is -0.137. The van der Waals surface area contributed by atoms with E-state index in [9.17, 15) is 17.6 Å². The molecule has 2 aromatic rings. The number of alkyl halides is 3. The molecule has 1 saturated heterocycles. The minimum Gasteiger partial charge on any atom is -0.355 e. The first-order valence-electron chi connectivity index (χ1n) is 8.18. The Labute approximate surface area is 143 Å². The van der Waals surface area contributed by atoms with E-state index in [1.807, 2.05) is 0 Å². The summed E-state index contributed by atoms with van der Waals surface area (Å²) in [5.74, 6) is -0.282. The van der Waals surface area contributed by atoms with Crippen molar-refractivity contribution in [3.8, 4) is 0 Å². The van der Waals surface area contributed by atoms with Crippen molar-refractivity contribution in [2.45, 2.75) is 19.1 Å². The van der Waals surface area contributed by atoms with Crippen molar-refractivity contribution >= 4 is 5.82 Å². The minimum atomic E-state index is -4.43. The molecule has 0 spiro atoms. The molecule has 1 aromatic heterocycles. The number of aromatic nitrogens is 1.